The van der Waals surface area contributed by atoms with Crippen molar-refractivity contribution in [2.24, 2.45) is 0 Å². The van der Waals surface area contributed by atoms with Gasteiger partial charge in [0, 0.05) is 49.1 Å². The van der Waals surface area contributed by atoms with E-state index in [9.17, 15) is 13.2 Å². The molecule has 0 saturated carbocycles. The van der Waals surface area contributed by atoms with Gasteiger partial charge in [-0.05, 0) is 44.0 Å². The smallest absolute Gasteiger partial charge is 0.407 e. The Hall–Kier alpha value is -3.54. The van der Waals surface area contributed by atoms with E-state index in [1.54, 1.807) is 6.20 Å². The number of anilines is 1. The molecule has 0 radical (unpaired) electrons. The lowest BCUT2D eigenvalue weighted by atomic mass is 10.0. The monoisotopic (exact) mass is 568 g/mol. The van der Waals surface area contributed by atoms with Gasteiger partial charge in [-0.25, -0.2) is 14.8 Å². The van der Waals surface area contributed by atoms with E-state index in [1.807, 2.05) is 69.3 Å². The molecule has 1 N–H and O–H groups in total. The maximum atomic E-state index is 11.9. The summed E-state index contributed by atoms with van der Waals surface area (Å²) in [6.07, 6.45) is 2.79. The van der Waals surface area contributed by atoms with E-state index in [1.165, 1.54) is 0 Å². The third kappa shape index (κ3) is 9.00. The van der Waals surface area contributed by atoms with Gasteiger partial charge in [0.25, 0.3) is 10.1 Å². The Morgan fingerprint density at radius 3 is 2.42 bits per heavy atom. The van der Waals surface area contributed by atoms with Gasteiger partial charge in [0.05, 0.1) is 31.8 Å². The molecule has 214 valence electrons. The molecule has 0 atom stereocenters. The van der Waals surface area contributed by atoms with Gasteiger partial charge in [-0.15, -0.1) is 0 Å². The molecule has 1 aliphatic rings. The second-order valence-corrected chi connectivity index (χ2v) is 12.3. The Morgan fingerprint density at radius 2 is 1.75 bits per heavy atom. The number of morpholine rings is 1. The highest BCUT2D eigenvalue weighted by Crippen LogP contribution is 2.26. The molecule has 11 heteroatoms. The average molecular weight is 569 g/mol. The van der Waals surface area contributed by atoms with Gasteiger partial charge in [0.2, 0.25) is 0 Å². The van der Waals surface area contributed by atoms with Crippen molar-refractivity contribution in [3.8, 4) is 11.3 Å². The predicted octanol–water partition coefficient (Wildman–Crippen LogP) is 4.07. The number of carbonyl (C=O) groups excluding carboxylic acids is 1. The first kappa shape index (κ1) is 29.4. The van der Waals surface area contributed by atoms with E-state index >= 15 is 0 Å². The molecule has 10 nitrogen and oxygen atoms in total. The SMILES string of the molecule is CC(C)(C)OC(=O)NCc1ccc(-c2ccnc(Cc3ccc(N4CCOCC4)c(COS(C)(=O)=O)c3)n2)cc1. The van der Waals surface area contributed by atoms with Crippen LogP contribution in [-0.2, 0) is 43.3 Å². The quantitative estimate of drug-likeness (QED) is 0.381. The van der Waals surface area contributed by atoms with Crippen LogP contribution in [0.1, 0.15) is 43.3 Å². The van der Waals surface area contributed by atoms with Crippen molar-refractivity contribution in [3.63, 3.8) is 0 Å². The van der Waals surface area contributed by atoms with Crippen LogP contribution < -0.4 is 10.2 Å². The number of hydrogen-bond donors (Lipinski definition) is 1. The molecule has 3 aromatic rings. The normalized spacial score (nSPS) is 14.2. The Balaban J connectivity index is 1.46. The van der Waals surface area contributed by atoms with Gasteiger partial charge in [-0.3, -0.25) is 4.18 Å². The average Bonchev–Trinajstić information content (AvgIpc) is 2.90. The van der Waals surface area contributed by atoms with E-state index in [4.69, 9.17) is 18.6 Å². The van der Waals surface area contributed by atoms with Gasteiger partial charge in [-0.2, -0.15) is 8.42 Å². The van der Waals surface area contributed by atoms with Gasteiger partial charge >= 0.3 is 6.09 Å². The summed E-state index contributed by atoms with van der Waals surface area (Å²) < 4.78 is 39.2. The van der Waals surface area contributed by atoms with Crippen molar-refractivity contribution >= 4 is 21.9 Å². The molecule has 0 aliphatic carbocycles. The molecule has 2 aromatic carbocycles. The second-order valence-electron chi connectivity index (χ2n) is 10.6. The number of ether oxygens (including phenoxy) is 2. The van der Waals surface area contributed by atoms with Crippen molar-refractivity contribution < 1.29 is 26.9 Å². The predicted molar refractivity (Wildman–Crippen MR) is 152 cm³/mol. The van der Waals surface area contributed by atoms with Crippen molar-refractivity contribution in [3.05, 3.63) is 77.2 Å². The third-order valence-corrected chi connectivity index (χ3v) is 6.62. The summed E-state index contributed by atoms with van der Waals surface area (Å²) in [5, 5.41) is 2.76. The van der Waals surface area contributed by atoms with E-state index < -0.39 is 21.8 Å². The van der Waals surface area contributed by atoms with E-state index in [2.05, 4.69) is 15.2 Å². The number of amides is 1. The van der Waals surface area contributed by atoms with Gasteiger partial charge in [-0.1, -0.05) is 36.4 Å². The molecule has 1 aliphatic heterocycles. The lowest BCUT2D eigenvalue weighted by Crippen LogP contribution is -2.36. The number of nitrogens with one attached hydrogen (secondary N) is 1. The molecule has 1 fully saturated rings. The maximum Gasteiger partial charge on any atom is 0.407 e. The van der Waals surface area contributed by atoms with Crippen LogP contribution in [0.3, 0.4) is 0 Å². The maximum absolute atomic E-state index is 11.9. The largest absolute Gasteiger partial charge is 0.444 e. The molecule has 1 aromatic heterocycles. The topological polar surface area (TPSA) is 120 Å². The highest BCUT2D eigenvalue weighted by Gasteiger charge is 2.18. The first-order valence-electron chi connectivity index (χ1n) is 13.1. The van der Waals surface area contributed by atoms with Crippen LogP contribution in [0.5, 0.6) is 0 Å². The number of benzene rings is 2. The fourth-order valence-corrected chi connectivity index (χ4v) is 4.60. The molecule has 4 rings (SSSR count). The minimum atomic E-state index is -3.59. The Labute approximate surface area is 235 Å². The number of carbonyl (C=O) groups is 1. The van der Waals surface area contributed by atoms with Crippen LogP contribution >= 0.6 is 0 Å². The van der Waals surface area contributed by atoms with E-state index in [-0.39, 0.29) is 6.61 Å². The summed E-state index contributed by atoms with van der Waals surface area (Å²) in [6.45, 7) is 8.48. The fraction of sp³-hybridized carbons (Fsp3) is 0.414. The van der Waals surface area contributed by atoms with Crippen molar-refractivity contribution in [1.29, 1.82) is 0 Å². The van der Waals surface area contributed by atoms with Crippen molar-refractivity contribution in [2.75, 3.05) is 37.5 Å². The molecule has 1 amide bonds. The summed E-state index contributed by atoms with van der Waals surface area (Å²) in [5.74, 6) is 0.641. The summed E-state index contributed by atoms with van der Waals surface area (Å²) in [4.78, 5) is 23.3. The second kappa shape index (κ2) is 12.8. The number of hydrogen-bond acceptors (Lipinski definition) is 9. The molecule has 0 spiro atoms. The first-order chi connectivity index (χ1) is 18.9. The highest BCUT2D eigenvalue weighted by atomic mass is 32.2. The number of rotatable bonds is 9. The highest BCUT2D eigenvalue weighted by molar-refractivity contribution is 7.85. The minimum Gasteiger partial charge on any atom is -0.444 e. The number of aromatic nitrogens is 2. The van der Waals surface area contributed by atoms with Crippen LogP contribution in [0.4, 0.5) is 10.5 Å². The van der Waals surface area contributed by atoms with Crippen molar-refractivity contribution in [2.45, 2.75) is 45.9 Å². The Bertz CT molecular complexity index is 1420. The molecular weight excluding hydrogens is 532 g/mol. The molecule has 0 bridgehead atoms. The molecular formula is C29H36N4O6S. The number of alkyl carbamates (subject to hydrolysis) is 1. The lowest BCUT2D eigenvalue weighted by molar-refractivity contribution is 0.0523. The van der Waals surface area contributed by atoms with E-state index in [0.717, 1.165) is 53.0 Å². The molecule has 1 saturated heterocycles. The lowest BCUT2D eigenvalue weighted by Gasteiger charge is -2.30. The number of nitrogens with zero attached hydrogens (tertiary/aromatic N) is 3. The Kier molecular flexibility index (Phi) is 9.39. The van der Waals surface area contributed by atoms with E-state index in [0.29, 0.717) is 32.0 Å². The molecule has 40 heavy (non-hydrogen) atoms. The van der Waals surface area contributed by atoms with Crippen LogP contribution in [0.15, 0.2) is 54.7 Å². The minimum absolute atomic E-state index is 0.0462. The zero-order valence-corrected chi connectivity index (χ0v) is 24.2. The van der Waals surface area contributed by atoms with Gasteiger partial charge < -0.3 is 19.7 Å². The summed E-state index contributed by atoms with van der Waals surface area (Å²) in [5.41, 5.74) is 4.77. The van der Waals surface area contributed by atoms with Crippen LogP contribution in [0.2, 0.25) is 0 Å². The summed E-state index contributed by atoms with van der Waals surface area (Å²) in [6, 6.07) is 15.6. The first-order valence-corrected chi connectivity index (χ1v) is 14.9. The van der Waals surface area contributed by atoms with Crippen LogP contribution in [-0.4, -0.2) is 62.6 Å². The van der Waals surface area contributed by atoms with Crippen LogP contribution in [0.25, 0.3) is 11.3 Å². The Morgan fingerprint density at radius 1 is 1.05 bits per heavy atom. The summed E-state index contributed by atoms with van der Waals surface area (Å²) in [7, 11) is -3.59. The zero-order chi connectivity index (χ0) is 28.8. The summed E-state index contributed by atoms with van der Waals surface area (Å²) >= 11 is 0. The van der Waals surface area contributed by atoms with Crippen molar-refractivity contribution in [1.82, 2.24) is 15.3 Å². The zero-order valence-electron chi connectivity index (χ0n) is 23.3. The van der Waals surface area contributed by atoms with Gasteiger partial charge in [0.1, 0.15) is 11.4 Å². The van der Waals surface area contributed by atoms with Crippen LogP contribution in [0, 0.1) is 0 Å². The molecule has 0 unspecified atom stereocenters. The van der Waals surface area contributed by atoms with Gasteiger partial charge in [0.15, 0.2) is 0 Å². The molecule has 2 heterocycles. The third-order valence-electron chi connectivity index (χ3n) is 6.08. The fourth-order valence-electron chi connectivity index (χ4n) is 4.26. The standard InChI is InChI=1S/C29H36N4O6S/c1-29(2,3)39-28(34)31-19-21-5-8-23(9-6-21)25-11-12-30-27(32-25)18-22-7-10-26(33-13-15-37-16-14-33)24(17-22)20-38-40(4,35)36/h5-12,17H,13-16,18-20H2,1-4H3,(H,31,34).